The van der Waals surface area contributed by atoms with Crippen molar-refractivity contribution in [3.05, 3.63) is 83.9 Å². The number of piperidine rings is 1. The van der Waals surface area contributed by atoms with Gasteiger partial charge in [-0.2, -0.15) is 0 Å². The second-order valence-electron chi connectivity index (χ2n) is 7.39. The van der Waals surface area contributed by atoms with Crippen LogP contribution in [0, 0.1) is 5.92 Å². The molecule has 28 heavy (non-hydrogen) atoms. The molecule has 0 unspecified atom stereocenters. The van der Waals surface area contributed by atoms with Gasteiger partial charge in [-0.1, -0.05) is 72.8 Å². The highest BCUT2D eigenvalue weighted by molar-refractivity contribution is 5.67. The zero-order valence-corrected chi connectivity index (χ0v) is 16.7. The maximum Gasteiger partial charge on any atom is 0.409 e. The number of amides is 1. The van der Waals surface area contributed by atoms with Crippen molar-refractivity contribution >= 4 is 6.09 Å². The van der Waals surface area contributed by atoms with E-state index in [2.05, 4.69) is 60.0 Å². The van der Waals surface area contributed by atoms with E-state index in [4.69, 9.17) is 4.74 Å². The zero-order valence-electron chi connectivity index (χ0n) is 16.7. The molecule has 0 bridgehead atoms. The molecule has 1 heterocycles. The first-order valence-corrected chi connectivity index (χ1v) is 10.0. The van der Waals surface area contributed by atoms with Gasteiger partial charge >= 0.3 is 6.09 Å². The van der Waals surface area contributed by atoms with Crippen molar-refractivity contribution in [2.45, 2.75) is 26.4 Å². The molecule has 4 nitrogen and oxygen atoms in total. The number of rotatable bonds is 7. The molecule has 1 fully saturated rings. The van der Waals surface area contributed by atoms with Gasteiger partial charge in [0.2, 0.25) is 0 Å². The summed E-state index contributed by atoms with van der Waals surface area (Å²) in [6.45, 7) is 10.6. The summed E-state index contributed by atoms with van der Waals surface area (Å²) in [5, 5.41) is 0. The molecule has 0 aromatic heterocycles. The Kier molecular flexibility index (Phi) is 7.26. The monoisotopic (exact) mass is 378 g/mol. The Morgan fingerprint density at radius 1 is 1.07 bits per heavy atom. The summed E-state index contributed by atoms with van der Waals surface area (Å²) in [7, 11) is 0. The minimum atomic E-state index is -0.210. The number of nitrogens with zero attached hydrogens (tertiary/aromatic N) is 2. The molecular formula is C24H30N2O2. The SMILES string of the molecule is C=C1CCN(C(=O)OCC)C[C@@H]1CN(Cc1ccccc1)Cc1ccccc1. The van der Waals surface area contributed by atoms with Gasteiger partial charge in [-0.05, 0) is 24.5 Å². The topological polar surface area (TPSA) is 32.8 Å². The quantitative estimate of drug-likeness (QED) is 0.654. The smallest absolute Gasteiger partial charge is 0.409 e. The lowest BCUT2D eigenvalue weighted by atomic mass is 9.92. The summed E-state index contributed by atoms with van der Waals surface area (Å²) in [4.78, 5) is 16.5. The van der Waals surface area contributed by atoms with Crippen LogP contribution >= 0.6 is 0 Å². The second-order valence-corrected chi connectivity index (χ2v) is 7.39. The molecule has 4 heteroatoms. The molecule has 0 radical (unpaired) electrons. The van der Waals surface area contributed by atoms with E-state index < -0.39 is 0 Å². The molecule has 2 aromatic carbocycles. The summed E-state index contributed by atoms with van der Waals surface area (Å²) < 4.78 is 5.20. The van der Waals surface area contributed by atoms with E-state index in [0.29, 0.717) is 19.7 Å². The van der Waals surface area contributed by atoms with Gasteiger partial charge in [0.15, 0.2) is 0 Å². The van der Waals surface area contributed by atoms with Gasteiger partial charge in [0.1, 0.15) is 0 Å². The summed E-state index contributed by atoms with van der Waals surface area (Å²) in [5.74, 6) is 0.255. The predicted molar refractivity (Wildman–Crippen MR) is 113 cm³/mol. The highest BCUT2D eigenvalue weighted by Crippen LogP contribution is 2.24. The fourth-order valence-corrected chi connectivity index (χ4v) is 3.72. The van der Waals surface area contributed by atoms with Crippen LogP contribution < -0.4 is 0 Å². The van der Waals surface area contributed by atoms with Crippen LogP contribution in [0.15, 0.2) is 72.8 Å². The largest absolute Gasteiger partial charge is 0.450 e. The molecule has 0 spiro atoms. The van der Waals surface area contributed by atoms with E-state index in [1.807, 2.05) is 24.0 Å². The molecule has 0 N–H and O–H groups in total. The van der Waals surface area contributed by atoms with Crippen LogP contribution in [0.4, 0.5) is 4.79 Å². The first-order valence-electron chi connectivity index (χ1n) is 10.0. The standard InChI is InChI=1S/C24H30N2O2/c1-3-28-24(27)26-15-14-20(2)23(19-26)18-25(16-21-10-6-4-7-11-21)17-22-12-8-5-9-13-22/h4-13,23H,2-3,14-19H2,1H3/t23-/m0/s1. The number of benzene rings is 2. The molecule has 148 valence electrons. The maximum absolute atomic E-state index is 12.2. The van der Waals surface area contributed by atoms with Gasteiger partial charge < -0.3 is 9.64 Å². The summed E-state index contributed by atoms with van der Waals surface area (Å²) in [5.41, 5.74) is 3.82. The Morgan fingerprint density at radius 2 is 1.64 bits per heavy atom. The minimum absolute atomic E-state index is 0.210. The van der Waals surface area contributed by atoms with Crippen LogP contribution in [-0.4, -0.2) is 42.1 Å². The number of hydrogen-bond acceptors (Lipinski definition) is 3. The number of carbonyl (C=O) groups excluding carboxylic acids is 1. The Bertz CT molecular complexity index is 719. The van der Waals surface area contributed by atoms with E-state index in [1.54, 1.807) is 0 Å². The summed E-state index contributed by atoms with van der Waals surface area (Å²) >= 11 is 0. The fraction of sp³-hybridized carbons (Fsp3) is 0.375. The molecular weight excluding hydrogens is 348 g/mol. The molecule has 2 aromatic rings. The number of hydrogen-bond donors (Lipinski definition) is 0. The third-order valence-electron chi connectivity index (χ3n) is 5.22. The molecule has 0 saturated carbocycles. The second kappa shape index (κ2) is 10.1. The van der Waals surface area contributed by atoms with E-state index >= 15 is 0 Å². The average Bonchev–Trinajstić information content (AvgIpc) is 2.71. The Morgan fingerprint density at radius 3 is 2.18 bits per heavy atom. The van der Waals surface area contributed by atoms with Gasteiger partial charge in [-0.25, -0.2) is 4.79 Å². The molecule has 1 saturated heterocycles. The summed E-state index contributed by atoms with van der Waals surface area (Å²) in [6.07, 6.45) is 0.631. The van der Waals surface area contributed by atoms with Crippen LogP contribution in [0.1, 0.15) is 24.5 Å². The first kappa shape index (κ1) is 20.2. The number of likely N-dealkylation sites (tertiary alicyclic amines) is 1. The fourth-order valence-electron chi connectivity index (χ4n) is 3.72. The molecule has 0 aliphatic carbocycles. The molecule has 1 amide bonds. The van der Waals surface area contributed by atoms with Crippen LogP contribution in [-0.2, 0) is 17.8 Å². The highest BCUT2D eigenvalue weighted by atomic mass is 16.6. The van der Waals surface area contributed by atoms with Crippen molar-refractivity contribution in [3.63, 3.8) is 0 Å². The van der Waals surface area contributed by atoms with Gasteiger partial charge in [-0.3, -0.25) is 4.90 Å². The highest BCUT2D eigenvalue weighted by Gasteiger charge is 2.28. The van der Waals surface area contributed by atoms with Gasteiger partial charge in [-0.15, -0.1) is 0 Å². The van der Waals surface area contributed by atoms with E-state index in [-0.39, 0.29) is 12.0 Å². The van der Waals surface area contributed by atoms with Crippen LogP contribution in [0.25, 0.3) is 0 Å². The molecule has 1 atom stereocenters. The van der Waals surface area contributed by atoms with E-state index in [0.717, 1.165) is 26.1 Å². The van der Waals surface area contributed by atoms with Crippen molar-refractivity contribution in [2.24, 2.45) is 5.92 Å². The molecule has 3 rings (SSSR count). The molecule has 1 aliphatic rings. The normalized spacial score (nSPS) is 17.0. The predicted octanol–water partition coefficient (Wildman–Crippen LogP) is 4.72. The van der Waals surface area contributed by atoms with Crippen LogP contribution in [0.5, 0.6) is 0 Å². The Hall–Kier alpha value is -2.59. The van der Waals surface area contributed by atoms with Crippen molar-refractivity contribution in [2.75, 3.05) is 26.2 Å². The van der Waals surface area contributed by atoms with E-state index in [1.165, 1.54) is 16.7 Å². The lowest BCUT2D eigenvalue weighted by Gasteiger charge is -2.36. The number of ether oxygens (including phenoxy) is 1. The first-order chi connectivity index (χ1) is 13.7. The zero-order chi connectivity index (χ0) is 19.8. The summed E-state index contributed by atoms with van der Waals surface area (Å²) in [6, 6.07) is 21.1. The van der Waals surface area contributed by atoms with Crippen molar-refractivity contribution in [1.82, 2.24) is 9.80 Å². The lowest BCUT2D eigenvalue weighted by Crippen LogP contribution is -2.44. The maximum atomic E-state index is 12.2. The Balaban J connectivity index is 1.71. The van der Waals surface area contributed by atoms with Gasteiger partial charge in [0.05, 0.1) is 6.61 Å². The van der Waals surface area contributed by atoms with Crippen molar-refractivity contribution in [3.8, 4) is 0 Å². The van der Waals surface area contributed by atoms with Crippen molar-refractivity contribution in [1.29, 1.82) is 0 Å². The lowest BCUT2D eigenvalue weighted by molar-refractivity contribution is 0.0906. The van der Waals surface area contributed by atoms with Gasteiger partial charge in [0, 0.05) is 38.6 Å². The van der Waals surface area contributed by atoms with Gasteiger partial charge in [0.25, 0.3) is 0 Å². The van der Waals surface area contributed by atoms with Crippen LogP contribution in [0.3, 0.4) is 0 Å². The Labute approximate surface area is 168 Å². The average molecular weight is 379 g/mol. The van der Waals surface area contributed by atoms with Crippen molar-refractivity contribution < 1.29 is 9.53 Å². The number of carbonyl (C=O) groups is 1. The van der Waals surface area contributed by atoms with E-state index in [9.17, 15) is 4.79 Å². The third kappa shape index (κ3) is 5.70. The van der Waals surface area contributed by atoms with Crippen LogP contribution in [0.2, 0.25) is 0 Å². The molecule has 1 aliphatic heterocycles. The minimum Gasteiger partial charge on any atom is -0.450 e. The third-order valence-corrected chi connectivity index (χ3v) is 5.22.